The van der Waals surface area contributed by atoms with E-state index in [-0.39, 0.29) is 23.8 Å². The number of ketones is 1. The third-order valence-electron chi connectivity index (χ3n) is 6.56. The highest BCUT2D eigenvalue weighted by atomic mass is 16.2. The summed E-state index contributed by atoms with van der Waals surface area (Å²) in [6, 6.07) is 19.1. The molecule has 1 fully saturated rings. The maximum Gasteiger partial charge on any atom is 0.262 e. The number of fused-ring (bicyclic) bond motifs is 1. The number of piperazine rings is 1. The van der Waals surface area contributed by atoms with Crippen molar-refractivity contribution in [2.45, 2.75) is 20.4 Å². The number of carbonyl (C=O) groups is 2. The molecule has 35 heavy (non-hydrogen) atoms. The van der Waals surface area contributed by atoms with Gasteiger partial charge >= 0.3 is 0 Å². The smallest absolute Gasteiger partial charge is 0.262 e. The highest BCUT2D eigenvalue weighted by Gasteiger charge is 2.23. The van der Waals surface area contributed by atoms with Crippen LogP contribution in [0.5, 0.6) is 0 Å². The molecule has 0 aliphatic carbocycles. The van der Waals surface area contributed by atoms with Crippen molar-refractivity contribution in [3.8, 4) is 5.69 Å². The van der Waals surface area contributed by atoms with Crippen LogP contribution in [0, 0.1) is 6.92 Å². The fourth-order valence-corrected chi connectivity index (χ4v) is 4.59. The largest absolute Gasteiger partial charge is 0.368 e. The normalized spacial score (nSPS) is 13.9. The number of aryl methyl sites for hydroxylation is 1. The number of rotatable bonds is 5. The number of benzene rings is 2. The van der Waals surface area contributed by atoms with E-state index < -0.39 is 0 Å². The van der Waals surface area contributed by atoms with Crippen molar-refractivity contribution in [3.63, 3.8) is 0 Å². The van der Waals surface area contributed by atoms with Gasteiger partial charge in [0.05, 0.1) is 22.3 Å². The summed E-state index contributed by atoms with van der Waals surface area (Å²) >= 11 is 0. The average molecular weight is 470 g/mol. The minimum Gasteiger partial charge on any atom is -0.368 e. The van der Waals surface area contributed by atoms with Crippen molar-refractivity contribution in [1.82, 2.24) is 19.2 Å². The molecule has 0 atom stereocenters. The van der Waals surface area contributed by atoms with Gasteiger partial charge in [0.2, 0.25) is 5.91 Å². The lowest BCUT2D eigenvalue weighted by Gasteiger charge is -2.36. The highest BCUT2D eigenvalue weighted by molar-refractivity contribution is 5.94. The zero-order chi connectivity index (χ0) is 24.5. The molecule has 178 valence electrons. The van der Waals surface area contributed by atoms with Crippen molar-refractivity contribution in [2.24, 2.45) is 0 Å². The van der Waals surface area contributed by atoms with Gasteiger partial charge in [0.15, 0.2) is 5.78 Å². The third kappa shape index (κ3) is 4.35. The Bertz CT molecular complexity index is 1450. The number of pyridine rings is 1. The second-order valence-corrected chi connectivity index (χ2v) is 8.81. The minimum absolute atomic E-state index is 0.00195. The Morgan fingerprint density at radius 2 is 1.57 bits per heavy atom. The van der Waals surface area contributed by atoms with Gasteiger partial charge in [-0.15, -0.1) is 0 Å². The van der Waals surface area contributed by atoms with E-state index in [1.807, 2.05) is 67.6 Å². The summed E-state index contributed by atoms with van der Waals surface area (Å²) in [4.78, 5) is 41.8. The van der Waals surface area contributed by atoms with E-state index in [9.17, 15) is 14.4 Å². The molecule has 5 rings (SSSR count). The molecule has 0 bridgehead atoms. The first-order valence-corrected chi connectivity index (χ1v) is 11.7. The van der Waals surface area contributed by atoms with Crippen LogP contribution in [0.2, 0.25) is 0 Å². The van der Waals surface area contributed by atoms with Gasteiger partial charge in [-0.2, -0.15) is 5.10 Å². The summed E-state index contributed by atoms with van der Waals surface area (Å²) in [7, 11) is 0. The van der Waals surface area contributed by atoms with Crippen molar-refractivity contribution in [1.29, 1.82) is 0 Å². The van der Waals surface area contributed by atoms with E-state index in [0.717, 1.165) is 16.9 Å². The van der Waals surface area contributed by atoms with Gasteiger partial charge in [0.1, 0.15) is 6.54 Å². The first-order valence-electron chi connectivity index (χ1n) is 11.7. The quantitative estimate of drug-likeness (QED) is 0.420. The second-order valence-electron chi connectivity index (χ2n) is 8.81. The standard InChI is InChI=1S/C27H27N5O3/c1-19-26-24(32(28-19)23-6-4-3-5-7-23)12-13-31(27(26)35)18-25(34)30-16-14-29(15-17-30)22-10-8-21(9-11-22)20(2)33/h3-13H,14-18H2,1-2H3. The van der Waals surface area contributed by atoms with Gasteiger partial charge < -0.3 is 14.4 Å². The van der Waals surface area contributed by atoms with Gasteiger partial charge in [-0.25, -0.2) is 4.68 Å². The molecule has 2 aromatic heterocycles. The van der Waals surface area contributed by atoms with E-state index >= 15 is 0 Å². The number of hydrogen-bond donors (Lipinski definition) is 0. The van der Waals surface area contributed by atoms with E-state index in [2.05, 4.69) is 10.00 Å². The first-order chi connectivity index (χ1) is 16.9. The Balaban J connectivity index is 1.29. The molecule has 0 spiro atoms. The molecule has 0 radical (unpaired) electrons. The van der Waals surface area contributed by atoms with E-state index in [4.69, 9.17) is 0 Å². The Morgan fingerprint density at radius 3 is 2.23 bits per heavy atom. The van der Waals surface area contributed by atoms with Crippen LogP contribution in [-0.2, 0) is 11.3 Å². The summed E-state index contributed by atoms with van der Waals surface area (Å²) in [6.07, 6.45) is 1.68. The number of carbonyl (C=O) groups excluding carboxylic acids is 2. The molecule has 1 saturated heterocycles. The Labute approximate surface area is 203 Å². The summed E-state index contributed by atoms with van der Waals surface area (Å²) in [5.41, 5.74) is 3.77. The molecule has 1 aliphatic heterocycles. The molecule has 0 unspecified atom stereocenters. The maximum absolute atomic E-state index is 13.2. The van der Waals surface area contributed by atoms with Gasteiger partial charge in [-0.3, -0.25) is 14.4 Å². The van der Waals surface area contributed by atoms with Crippen LogP contribution >= 0.6 is 0 Å². The number of para-hydroxylation sites is 1. The van der Waals surface area contributed by atoms with Crippen LogP contribution in [0.15, 0.2) is 71.7 Å². The van der Waals surface area contributed by atoms with E-state index in [1.54, 1.807) is 22.7 Å². The lowest BCUT2D eigenvalue weighted by atomic mass is 10.1. The molecule has 4 aromatic rings. The lowest BCUT2D eigenvalue weighted by Crippen LogP contribution is -2.50. The topological polar surface area (TPSA) is 80.4 Å². The van der Waals surface area contributed by atoms with Crippen LogP contribution < -0.4 is 10.5 Å². The summed E-state index contributed by atoms with van der Waals surface area (Å²) < 4.78 is 3.24. The molecule has 8 nitrogen and oxygen atoms in total. The molecule has 1 amide bonds. The van der Waals surface area contributed by atoms with Crippen LogP contribution in [0.1, 0.15) is 23.0 Å². The maximum atomic E-state index is 13.2. The van der Waals surface area contributed by atoms with E-state index in [0.29, 0.717) is 42.8 Å². The number of anilines is 1. The first kappa shape index (κ1) is 22.6. The van der Waals surface area contributed by atoms with Crippen molar-refractivity contribution in [2.75, 3.05) is 31.1 Å². The van der Waals surface area contributed by atoms with E-state index in [1.165, 1.54) is 4.57 Å². The fourth-order valence-electron chi connectivity index (χ4n) is 4.59. The molecule has 1 aliphatic rings. The molecule has 0 saturated carbocycles. The van der Waals surface area contributed by atoms with Crippen LogP contribution in [0.4, 0.5) is 5.69 Å². The highest BCUT2D eigenvalue weighted by Crippen LogP contribution is 2.20. The number of hydrogen-bond acceptors (Lipinski definition) is 5. The average Bonchev–Trinajstić information content (AvgIpc) is 3.23. The number of nitrogens with zero attached hydrogens (tertiary/aromatic N) is 5. The van der Waals surface area contributed by atoms with Gasteiger partial charge in [0.25, 0.3) is 5.56 Å². The zero-order valence-corrected chi connectivity index (χ0v) is 19.8. The Kier molecular flexibility index (Phi) is 5.94. The zero-order valence-electron chi connectivity index (χ0n) is 19.8. The minimum atomic E-state index is -0.209. The predicted molar refractivity (Wildman–Crippen MR) is 135 cm³/mol. The van der Waals surface area contributed by atoms with Gasteiger partial charge in [-0.05, 0) is 56.3 Å². The number of aromatic nitrogens is 3. The summed E-state index contributed by atoms with van der Waals surface area (Å²) in [6.45, 7) is 5.92. The fraction of sp³-hybridized carbons (Fsp3) is 0.259. The Morgan fingerprint density at radius 1 is 0.886 bits per heavy atom. The monoisotopic (exact) mass is 469 g/mol. The molecular weight excluding hydrogens is 442 g/mol. The van der Waals surface area contributed by atoms with Crippen molar-refractivity contribution in [3.05, 3.63) is 88.5 Å². The van der Waals surface area contributed by atoms with Gasteiger partial charge in [0, 0.05) is 43.6 Å². The number of Topliss-reactive ketones (excluding diaryl/α,β-unsaturated/α-hetero) is 1. The Hall–Kier alpha value is -4.20. The third-order valence-corrected chi connectivity index (χ3v) is 6.56. The summed E-state index contributed by atoms with van der Waals surface area (Å²) in [5.74, 6) is -0.0332. The van der Waals surface area contributed by atoms with Crippen LogP contribution in [0.3, 0.4) is 0 Å². The SMILES string of the molecule is CC(=O)c1ccc(N2CCN(C(=O)Cn3ccc4c(c(C)nn4-c4ccccc4)c3=O)CC2)cc1. The van der Waals surface area contributed by atoms with Crippen molar-refractivity contribution < 1.29 is 9.59 Å². The van der Waals surface area contributed by atoms with Crippen LogP contribution in [-0.4, -0.2) is 57.1 Å². The van der Waals surface area contributed by atoms with Crippen molar-refractivity contribution >= 4 is 28.3 Å². The molecule has 3 heterocycles. The lowest BCUT2D eigenvalue weighted by molar-refractivity contribution is -0.132. The molecule has 0 N–H and O–H groups in total. The second kappa shape index (κ2) is 9.21. The van der Waals surface area contributed by atoms with Gasteiger partial charge in [-0.1, -0.05) is 18.2 Å². The predicted octanol–water partition coefficient (Wildman–Crippen LogP) is 3.05. The number of amides is 1. The summed E-state index contributed by atoms with van der Waals surface area (Å²) in [5, 5.41) is 5.10. The molecular formula is C27H27N5O3. The van der Waals surface area contributed by atoms with Crippen LogP contribution in [0.25, 0.3) is 16.6 Å². The molecule has 8 heteroatoms. The molecule has 2 aromatic carbocycles.